The van der Waals surface area contributed by atoms with Gasteiger partial charge in [0.05, 0.1) is 10.6 Å². The molecular formula is C22H29N7O4S. The molecule has 0 saturated carbocycles. The SMILES string of the molecule is CCn1nc(C)cc1C(=O)Nc1nc2cc(C(N)=O)sc2n1C/C=C/CNC(=O)OC(C)(C)C. The van der Waals surface area contributed by atoms with Gasteiger partial charge in [0.1, 0.15) is 21.6 Å². The number of primary amides is 1. The fraction of sp³-hybridized carbons (Fsp3) is 0.409. The first kappa shape index (κ1) is 25.0. The maximum atomic E-state index is 12.9. The number of alkyl carbamates (subject to hydrolysis) is 1. The van der Waals surface area contributed by atoms with Gasteiger partial charge in [0, 0.05) is 19.6 Å². The van der Waals surface area contributed by atoms with Crippen molar-refractivity contribution >= 4 is 45.5 Å². The minimum atomic E-state index is -0.577. The van der Waals surface area contributed by atoms with Gasteiger partial charge in [0.15, 0.2) is 0 Å². The number of carbonyl (C=O) groups is 3. The lowest BCUT2D eigenvalue weighted by molar-refractivity contribution is 0.0533. The van der Waals surface area contributed by atoms with E-state index >= 15 is 0 Å². The maximum absolute atomic E-state index is 12.9. The number of fused-ring (bicyclic) bond motifs is 1. The number of hydrogen-bond donors (Lipinski definition) is 3. The highest BCUT2D eigenvalue weighted by Gasteiger charge is 2.20. The maximum Gasteiger partial charge on any atom is 0.407 e. The summed E-state index contributed by atoms with van der Waals surface area (Å²) in [5, 5.41) is 9.80. The van der Waals surface area contributed by atoms with Crippen LogP contribution in [-0.2, 0) is 17.8 Å². The molecule has 0 spiro atoms. The number of nitrogens with one attached hydrogen (secondary N) is 2. The van der Waals surface area contributed by atoms with Crippen LogP contribution in [0.25, 0.3) is 10.3 Å². The van der Waals surface area contributed by atoms with Crippen molar-refractivity contribution in [2.45, 2.75) is 53.3 Å². The number of ether oxygens (including phenoxy) is 1. The number of amides is 3. The van der Waals surface area contributed by atoms with Crippen molar-refractivity contribution < 1.29 is 19.1 Å². The first-order valence-electron chi connectivity index (χ1n) is 10.8. The Labute approximate surface area is 201 Å². The van der Waals surface area contributed by atoms with Gasteiger partial charge in [-0.2, -0.15) is 5.10 Å². The van der Waals surface area contributed by atoms with Gasteiger partial charge in [-0.05, 0) is 46.8 Å². The minimum Gasteiger partial charge on any atom is -0.444 e. The van der Waals surface area contributed by atoms with Crippen LogP contribution in [0.4, 0.5) is 10.7 Å². The number of nitrogens with zero attached hydrogens (tertiary/aromatic N) is 4. The molecule has 3 rings (SSSR count). The number of carbonyl (C=O) groups excluding carboxylic acids is 3. The highest BCUT2D eigenvalue weighted by molar-refractivity contribution is 7.20. The summed E-state index contributed by atoms with van der Waals surface area (Å²) in [4.78, 5) is 41.9. The number of aryl methyl sites for hydroxylation is 2. The Balaban J connectivity index is 1.79. The largest absolute Gasteiger partial charge is 0.444 e. The summed E-state index contributed by atoms with van der Waals surface area (Å²) in [5.74, 6) is -0.555. The molecule has 34 heavy (non-hydrogen) atoms. The van der Waals surface area contributed by atoms with E-state index in [4.69, 9.17) is 10.5 Å². The zero-order chi connectivity index (χ0) is 25.0. The van der Waals surface area contributed by atoms with Crippen LogP contribution in [0.3, 0.4) is 0 Å². The number of allylic oxidation sites excluding steroid dienone is 1. The zero-order valence-electron chi connectivity index (χ0n) is 19.8. The van der Waals surface area contributed by atoms with Crippen molar-refractivity contribution in [3.8, 4) is 0 Å². The standard InChI is InChI=1S/C22H29N7O4S/c1-6-29-15(11-13(2)27-29)18(31)26-20-25-14-12-16(17(23)30)34-19(14)28(20)10-8-7-9-24-21(32)33-22(3,4)5/h7-8,11-12H,6,9-10H2,1-5H3,(H2,23,30)(H,24,32)(H,25,26,31)/b8-7+. The Bertz CT molecular complexity index is 1250. The molecule has 0 fully saturated rings. The molecule has 3 heterocycles. The second kappa shape index (κ2) is 10.1. The zero-order valence-corrected chi connectivity index (χ0v) is 20.7. The number of thiophene rings is 1. The lowest BCUT2D eigenvalue weighted by Crippen LogP contribution is -2.32. The average Bonchev–Trinajstić information content (AvgIpc) is 3.39. The molecule has 0 aliphatic heterocycles. The van der Waals surface area contributed by atoms with Crippen molar-refractivity contribution in [1.82, 2.24) is 24.6 Å². The molecule has 0 aliphatic carbocycles. The van der Waals surface area contributed by atoms with E-state index in [-0.39, 0.29) is 12.5 Å². The molecule has 182 valence electrons. The lowest BCUT2D eigenvalue weighted by atomic mass is 10.2. The second-order valence-electron chi connectivity index (χ2n) is 8.51. The number of nitrogens with two attached hydrogens (primary N) is 1. The molecule has 0 saturated heterocycles. The Kier molecular flexibility index (Phi) is 7.40. The number of rotatable bonds is 8. The molecule has 11 nitrogen and oxygen atoms in total. The molecule has 0 bridgehead atoms. The third-order valence-electron chi connectivity index (χ3n) is 4.54. The predicted molar refractivity (Wildman–Crippen MR) is 130 cm³/mol. The van der Waals surface area contributed by atoms with Gasteiger partial charge in [-0.3, -0.25) is 24.2 Å². The molecule has 3 aromatic heterocycles. The van der Waals surface area contributed by atoms with Crippen molar-refractivity contribution in [2.24, 2.45) is 5.73 Å². The van der Waals surface area contributed by atoms with E-state index in [2.05, 4.69) is 20.7 Å². The Morgan fingerprint density at radius 1 is 1.24 bits per heavy atom. The fourth-order valence-electron chi connectivity index (χ4n) is 3.16. The van der Waals surface area contributed by atoms with E-state index in [0.29, 0.717) is 40.0 Å². The molecule has 0 atom stereocenters. The van der Waals surface area contributed by atoms with Gasteiger partial charge < -0.3 is 15.8 Å². The van der Waals surface area contributed by atoms with Crippen LogP contribution in [-0.4, -0.2) is 49.4 Å². The van der Waals surface area contributed by atoms with Crippen molar-refractivity contribution in [1.29, 1.82) is 0 Å². The van der Waals surface area contributed by atoms with Crippen LogP contribution in [0.15, 0.2) is 24.3 Å². The topological polar surface area (TPSA) is 146 Å². The van der Waals surface area contributed by atoms with E-state index in [0.717, 1.165) is 5.69 Å². The van der Waals surface area contributed by atoms with Crippen LogP contribution in [0.1, 0.15) is 53.5 Å². The molecule has 0 aliphatic rings. The molecular weight excluding hydrogens is 458 g/mol. The van der Waals surface area contributed by atoms with Gasteiger partial charge in [0.2, 0.25) is 5.95 Å². The molecule has 12 heteroatoms. The van der Waals surface area contributed by atoms with Gasteiger partial charge in [0.25, 0.3) is 11.8 Å². The summed E-state index contributed by atoms with van der Waals surface area (Å²) < 4.78 is 8.59. The highest BCUT2D eigenvalue weighted by Crippen LogP contribution is 2.29. The van der Waals surface area contributed by atoms with Gasteiger partial charge in [-0.25, -0.2) is 9.78 Å². The number of imidazole rings is 1. The molecule has 3 aromatic rings. The number of hydrogen-bond acceptors (Lipinski definition) is 7. The van der Waals surface area contributed by atoms with Gasteiger partial charge in [-0.15, -0.1) is 11.3 Å². The van der Waals surface area contributed by atoms with Crippen molar-refractivity contribution in [2.75, 3.05) is 11.9 Å². The van der Waals surface area contributed by atoms with E-state index in [1.54, 1.807) is 48.2 Å². The van der Waals surface area contributed by atoms with Crippen molar-refractivity contribution in [3.05, 3.63) is 40.5 Å². The van der Waals surface area contributed by atoms with E-state index in [1.807, 2.05) is 19.9 Å². The summed E-state index contributed by atoms with van der Waals surface area (Å²) in [6, 6.07) is 3.31. The van der Waals surface area contributed by atoms with Crippen LogP contribution < -0.4 is 16.4 Å². The van der Waals surface area contributed by atoms with E-state index < -0.39 is 17.6 Å². The summed E-state index contributed by atoms with van der Waals surface area (Å²) in [7, 11) is 0. The second-order valence-corrected chi connectivity index (χ2v) is 9.54. The van der Waals surface area contributed by atoms with Crippen molar-refractivity contribution in [3.63, 3.8) is 0 Å². The summed E-state index contributed by atoms with van der Waals surface area (Å²) in [5.41, 5.74) is 6.55. The Morgan fingerprint density at radius 2 is 1.97 bits per heavy atom. The minimum absolute atomic E-state index is 0.264. The molecule has 0 aromatic carbocycles. The normalized spacial score (nSPS) is 11.8. The smallest absolute Gasteiger partial charge is 0.407 e. The molecule has 4 N–H and O–H groups in total. The quantitative estimate of drug-likeness (QED) is 0.416. The molecule has 0 radical (unpaired) electrons. The fourth-order valence-corrected chi connectivity index (χ4v) is 4.12. The van der Waals surface area contributed by atoms with Crippen LogP contribution >= 0.6 is 11.3 Å². The number of anilines is 1. The lowest BCUT2D eigenvalue weighted by Gasteiger charge is -2.19. The predicted octanol–water partition coefficient (Wildman–Crippen LogP) is 3.05. The monoisotopic (exact) mass is 487 g/mol. The third-order valence-corrected chi connectivity index (χ3v) is 5.70. The average molecular weight is 488 g/mol. The van der Waals surface area contributed by atoms with Gasteiger partial charge in [-0.1, -0.05) is 12.2 Å². The third kappa shape index (κ3) is 6.01. The van der Waals surface area contributed by atoms with Crippen LogP contribution in [0, 0.1) is 6.92 Å². The first-order valence-corrected chi connectivity index (χ1v) is 11.6. The summed E-state index contributed by atoms with van der Waals surface area (Å²) in [6.45, 7) is 10.3. The number of aromatic nitrogens is 4. The summed E-state index contributed by atoms with van der Waals surface area (Å²) in [6.07, 6.45) is 3.07. The Morgan fingerprint density at radius 3 is 2.62 bits per heavy atom. The highest BCUT2D eigenvalue weighted by atomic mass is 32.1. The first-order chi connectivity index (χ1) is 16.0. The van der Waals surface area contributed by atoms with Crippen LogP contribution in [0.5, 0.6) is 0 Å². The van der Waals surface area contributed by atoms with E-state index in [9.17, 15) is 14.4 Å². The van der Waals surface area contributed by atoms with Crippen LogP contribution in [0.2, 0.25) is 0 Å². The molecule has 3 amide bonds. The molecule has 0 unspecified atom stereocenters. The summed E-state index contributed by atoms with van der Waals surface area (Å²) >= 11 is 1.20. The van der Waals surface area contributed by atoms with E-state index in [1.165, 1.54) is 11.3 Å². The Hall–Kier alpha value is -3.67. The van der Waals surface area contributed by atoms with Gasteiger partial charge >= 0.3 is 6.09 Å².